The summed E-state index contributed by atoms with van der Waals surface area (Å²) in [5.74, 6) is 1.70. The minimum atomic E-state index is 0.0435. The second kappa shape index (κ2) is 11.0. The summed E-state index contributed by atoms with van der Waals surface area (Å²) < 4.78 is 11.3. The van der Waals surface area contributed by atoms with Crippen LogP contribution in [0, 0.1) is 0 Å². The van der Waals surface area contributed by atoms with E-state index in [9.17, 15) is 0 Å². The minimum Gasteiger partial charge on any atom is -0.489 e. The van der Waals surface area contributed by atoms with E-state index in [0.717, 1.165) is 56.7 Å². The molecule has 2 aromatic rings. The van der Waals surface area contributed by atoms with E-state index in [2.05, 4.69) is 58.6 Å². The van der Waals surface area contributed by atoms with Crippen molar-refractivity contribution in [3.05, 3.63) is 65.7 Å². The van der Waals surface area contributed by atoms with Crippen molar-refractivity contribution >= 4 is 5.96 Å². The van der Waals surface area contributed by atoms with Crippen LogP contribution in [0.2, 0.25) is 0 Å². The summed E-state index contributed by atoms with van der Waals surface area (Å²) in [4.78, 5) is 6.83. The molecular weight excluding hydrogens is 376 g/mol. The van der Waals surface area contributed by atoms with E-state index in [1.165, 1.54) is 5.56 Å². The van der Waals surface area contributed by atoms with Gasteiger partial charge in [-0.25, -0.2) is 0 Å². The first-order chi connectivity index (χ1) is 14.6. The number of rotatable bonds is 8. The molecule has 1 aliphatic heterocycles. The topological polar surface area (TPSA) is 58.1 Å². The molecule has 0 aromatic heterocycles. The molecule has 0 amide bonds. The summed E-state index contributed by atoms with van der Waals surface area (Å²) in [7, 11) is 1.81. The predicted octanol–water partition coefficient (Wildman–Crippen LogP) is 3.04. The van der Waals surface area contributed by atoms with Gasteiger partial charge < -0.3 is 20.1 Å². The van der Waals surface area contributed by atoms with E-state index in [4.69, 9.17) is 9.47 Å². The molecule has 0 spiro atoms. The number of benzene rings is 2. The highest BCUT2D eigenvalue weighted by Gasteiger charge is 2.28. The van der Waals surface area contributed by atoms with Crippen molar-refractivity contribution in [3.8, 4) is 5.75 Å². The Morgan fingerprint density at radius 2 is 1.67 bits per heavy atom. The summed E-state index contributed by atoms with van der Waals surface area (Å²) in [6.45, 7) is 10.2. The van der Waals surface area contributed by atoms with Crippen LogP contribution in [-0.4, -0.2) is 56.3 Å². The van der Waals surface area contributed by atoms with Gasteiger partial charge in [-0.1, -0.05) is 42.5 Å². The summed E-state index contributed by atoms with van der Waals surface area (Å²) >= 11 is 0. The van der Waals surface area contributed by atoms with Gasteiger partial charge in [0.25, 0.3) is 0 Å². The number of hydrogen-bond acceptors (Lipinski definition) is 4. The Morgan fingerprint density at radius 3 is 2.33 bits per heavy atom. The molecule has 1 saturated heterocycles. The molecule has 6 heteroatoms. The third kappa shape index (κ3) is 6.75. The molecule has 0 aliphatic carbocycles. The molecule has 1 fully saturated rings. The largest absolute Gasteiger partial charge is 0.489 e. The highest BCUT2D eigenvalue weighted by Crippen LogP contribution is 2.15. The number of aliphatic imine (C=N–C) groups is 1. The summed E-state index contributed by atoms with van der Waals surface area (Å²) in [5, 5.41) is 6.87. The van der Waals surface area contributed by atoms with Crippen LogP contribution in [0.15, 0.2) is 59.6 Å². The van der Waals surface area contributed by atoms with Gasteiger partial charge in [-0.15, -0.1) is 0 Å². The fourth-order valence-corrected chi connectivity index (χ4v) is 3.42. The van der Waals surface area contributed by atoms with Gasteiger partial charge in [0.15, 0.2) is 5.96 Å². The van der Waals surface area contributed by atoms with Gasteiger partial charge in [-0.3, -0.25) is 9.89 Å². The normalized spacial score (nSPS) is 15.6. The second-order valence-corrected chi connectivity index (χ2v) is 8.11. The maximum Gasteiger partial charge on any atom is 0.191 e. The van der Waals surface area contributed by atoms with Crippen LogP contribution in [0.1, 0.15) is 25.0 Å². The maximum absolute atomic E-state index is 5.80. The maximum atomic E-state index is 5.80. The predicted molar refractivity (Wildman–Crippen MR) is 122 cm³/mol. The third-order valence-corrected chi connectivity index (χ3v) is 5.41. The molecule has 1 heterocycles. The van der Waals surface area contributed by atoms with Gasteiger partial charge in [0.1, 0.15) is 12.4 Å². The first-order valence-electron chi connectivity index (χ1n) is 10.6. The molecular formula is C24H34N4O2. The van der Waals surface area contributed by atoms with Crippen molar-refractivity contribution < 1.29 is 9.47 Å². The fourth-order valence-electron chi connectivity index (χ4n) is 3.42. The van der Waals surface area contributed by atoms with E-state index >= 15 is 0 Å². The first-order valence-corrected chi connectivity index (χ1v) is 10.6. The van der Waals surface area contributed by atoms with Gasteiger partial charge >= 0.3 is 0 Å². The van der Waals surface area contributed by atoms with Gasteiger partial charge in [-0.05, 0) is 37.1 Å². The van der Waals surface area contributed by atoms with E-state index in [-0.39, 0.29) is 5.54 Å². The number of para-hydroxylation sites is 1. The van der Waals surface area contributed by atoms with Crippen LogP contribution in [0.25, 0.3) is 0 Å². The standard InChI is InChI=1S/C24H34N4O2/c1-24(2,28-13-15-29-16-14-28)19-27-23(25-3)26-17-20-9-11-21(12-10-20)18-30-22-7-5-4-6-8-22/h4-12H,13-19H2,1-3H3,(H2,25,26,27). The van der Waals surface area contributed by atoms with Crippen LogP contribution < -0.4 is 15.4 Å². The molecule has 0 bridgehead atoms. The lowest BCUT2D eigenvalue weighted by atomic mass is 10.0. The number of ether oxygens (including phenoxy) is 2. The van der Waals surface area contributed by atoms with E-state index in [1.807, 2.05) is 30.3 Å². The van der Waals surface area contributed by atoms with E-state index in [1.54, 1.807) is 7.05 Å². The SMILES string of the molecule is CN=C(NCc1ccc(COc2ccccc2)cc1)NCC(C)(C)N1CCOCC1. The zero-order chi connectivity index (χ0) is 21.2. The number of nitrogens with zero attached hydrogens (tertiary/aromatic N) is 2. The number of nitrogens with one attached hydrogen (secondary N) is 2. The van der Waals surface area contributed by atoms with Gasteiger partial charge in [-0.2, -0.15) is 0 Å². The lowest BCUT2D eigenvalue weighted by Crippen LogP contribution is -2.56. The van der Waals surface area contributed by atoms with Crippen molar-refractivity contribution in [2.24, 2.45) is 4.99 Å². The third-order valence-electron chi connectivity index (χ3n) is 5.41. The highest BCUT2D eigenvalue weighted by atomic mass is 16.5. The average Bonchev–Trinajstić information content (AvgIpc) is 2.80. The monoisotopic (exact) mass is 410 g/mol. The molecule has 1 aliphatic rings. The van der Waals surface area contributed by atoms with Crippen LogP contribution in [0.4, 0.5) is 0 Å². The second-order valence-electron chi connectivity index (χ2n) is 8.11. The minimum absolute atomic E-state index is 0.0435. The smallest absolute Gasteiger partial charge is 0.191 e. The van der Waals surface area contributed by atoms with Crippen molar-refractivity contribution in [3.63, 3.8) is 0 Å². The molecule has 2 N–H and O–H groups in total. The molecule has 30 heavy (non-hydrogen) atoms. The quantitative estimate of drug-likeness (QED) is 0.518. The van der Waals surface area contributed by atoms with Gasteiger partial charge in [0, 0.05) is 38.8 Å². The Morgan fingerprint density at radius 1 is 1.00 bits per heavy atom. The average molecular weight is 411 g/mol. The first kappa shape index (κ1) is 22.1. The van der Waals surface area contributed by atoms with Gasteiger partial charge in [0.2, 0.25) is 0 Å². The Balaban J connectivity index is 1.43. The van der Waals surface area contributed by atoms with Crippen molar-refractivity contribution in [1.82, 2.24) is 15.5 Å². The van der Waals surface area contributed by atoms with Gasteiger partial charge in [0.05, 0.1) is 13.2 Å². The van der Waals surface area contributed by atoms with Crippen molar-refractivity contribution in [1.29, 1.82) is 0 Å². The number of morpholine rings is 1. The highest BCUT2D eigenvalue weighted by molar-refractivity contribution is 5.79. The van der Waals surface area contributed by atoms with Crippen LogP contribution in [-0.2, 0) is 17.9 Å². The zero-order valence-corrected chi connectivity index (χ0v) is 18.4. The van der Waals surface area contributed by atoms with E-state index in [0.29, 0.717) is 6.61 Å². The lowest BCUT2D eigenvalue weighted by molar-refractivity contribution is -0.00834. The molecule has 3 rings (SSSR count). The Hall–Kier alpha value is -2.57. The zero-order valence-electron chi connectivity index (χ0n) is 18.4. The molecule has 0 radical (unpaired) electrons. The van der Waals surface area contributed by atoms with Crippen LogP contribution >= 0.6 is 0 Å². The number of guanidine groups is 1. The molecule has 0 saturated carbocycles. The van der Waals surface area contributed by atoms with E-state index < -0.39 is 0 Å². The number of hydrogen-bond donors (Lipinski definition) is 2. The molecule has 6 nitrogen and oxygen atoms in total. The fraction of sp³-hybridized carbons (Fsp3) is 0.458. The summed E-state index contributed by atoms with van der Waals surface area (Å²) in [6.07, 6.45) is 0. The van der Waals surface area contributed by atoms with Crippen LogP contribution in [0.3, 0.4) is 0 Å². The summed E-state index contributed by atoms with van der Waals surface area (Å²) in [6, 6.07) is 18.4. The Labute approximate surface area is 180 Å². The molecule has 0 unspecified atom stereocenters. The van der Waals surface area contributed by atoms with Crippen molar-refractivity contribution in [2.45, 2.75) is 32.5 Å². The summed E-state index contributed by atoms with van der Waals surface area (Å²) in [5.41, 5.74) is 2.40. The Kier molecular flexibility index (Phi) is 8.11. The van der Waals surface area contributed by atoms with Crippen LogP contribution in [0.5, 0.6) is 5.75 Å². The molecule has 0 atom stereocenters. The molecule has 2 aromatic carbocycles. The lowest BCUT2D eigenvalue weighted by Gasteiger charge is -2.41. The van der Waals surface area contributed by atoms with Crippen molar-refractivity contribution in [2.75, 3.05) is 39.9 Å². The Bertz CT molecular complexity index is 785. The molecule has 162 valence electrons.